The lowest BCUT2D eigenvalue weighted by Crippen LogP contribution is -2.03. The number of benzene rings is 3. The van der Waals surface area contributed by atoms with Crippen LogP contribution in [-0.4, -0.2) is 0 Å². The standard InChI is InChI=1S/C24H18BrCl2N3O/c1-15(30-23-5-3-2-4-22(23)29)18(13-28)10-17-11-19(25)7-9-24(17)31-14-16-6-8-20(26)12-21(16)27/h2-12,30H,1,14,29H2/b18-10+. The monoisotopic (exact) mass is 513 g/mol. The predicted octanol–water partition coefficient (Wildman–Crippen LogP) is 7.45. The van der Waals surface area contributed by atoms with Gasteiger partial charge in [0.05, 0.1) is 16.9 Å². The number of ether oxygens (including phenoxy) is 1. The Morgan fingerprint density at radius 2 is 1.94 bits per heavy atom. The van der Waals surface area contributed by atoms with E-state index in [0.717, 1.165) is 10.0 Å². The maximum atomic E-state index is 9.70. The van der Waals surface area contributed by atoms with E-state index in [4.69, 9.17) is 33.7 Å². The summed E-state index contributed by atoms with van der Waals surface area (Å²) in [6.45, 7) is 4.23. The average molecular weight is 515 g/mol. The molecule has 3 rings (SSSR count). The highest BCUT2D eigenvalue weighted by atomic mass is 79.9. The third-order valence-corrected chi connectivity index (χ3v) is 5.44. The van der Waals surface area contributed by atoms with Gasteiger partial charge in [-0.1, -0.05) is 63.9 Å². The quantitative estimate of drug-likeness (QED) is 0.195. The molecule has 0 atom stereocenters. The van der Waals surface area contributed by atoms with E-state index in [1.54, 1.807) is 24.3 Å². The lowest BCUT2D eigenvalue weighted by Gasteiger charge is -2.13. The van der Waals surface area contributed by atoms with Crippen molar-refractivity contribution < 1.29 is 4.74 Å². The molecule has 0 unspecified atom stereocenters. The summed E-state index contributed by atoms with van der Waals surface area (Å²) in [5.41, 5.74) is 9.49. The minimum absolute atomic E-state index is 0.250. The summed E-state index contributed by atoms with van der Waals surface area (Å²) in [6, 6.07) is 20.2. The highest BCUT2D eigenvalue weighted by Crippen LogP contribution is 2.29. The summed E-state index contributed by atoms with van der Waals surface area (Å²) in [6.07, 6.45) is 1.71. The number of allylic oxidation sites excluding steroid dienone is 1. The molecule has 0 bridgehead atoms. The Kier molecular flexibility index (Phi) is 7.64. The number of nitrogens with one attached hydrogen (secondary N) is 1. The van der Waals surface area contributed by atoms with E-state index in [1.165, 1.54) is 0 Å². The third-order valence-electron chi connectivity index (χ3n) is 4.36. The first kappa shape index (κ1) is 22.8. The second kappa shape index (κ2) is 10.4. The summed E-state index contributed by atoms with van der Waals surface area (Å²) in [4.78, 5) is 0. The van der Waals surface area contributed by atoms with E-state index in [9.17, 15) is 5.26 Å². The zero-order valence-electron chi connectivity index (χ0n) is 16.3. The normalized spacial score (nSPS) is 11.0. The van der Waals surface area contributed by atoms with Crippen LogP contribution in [0.1, 0.15) is 11.1 Å². The van der Waals surface area contributed by atoms with Crippen LogP contribution in [0.25, 0.3) is 6.08 Å². The van der Waals surface area contributed by atoms with Crippen molar-refractivity contribution in [2.75, 3.05) is 11.1 Å². The van der Waals surface area contributed by atoms with Crippen LogP contribution in [0.3, 0.4) is 0 Å². The van der Waals surface area contributed by atoms with Crippen LogP contribution in [0.15, 0.2) is 83.0 Å². The molecule has 0 fully saturated rings. The van der Waals surface area contributed by atoms with E-state index in [-0.39, 0.29) is 6.61 Å². The van der Waals surface area contributed by atoms with Crippen molar-refractivity contribution >= 4 is 56.6 Å². The van der Waals surface area contributed by atoms with Crippen molar-refractivity contribution in [3.05, 3.63) is 104 Å². The summed E-state index contributed by atoms with van der Waals surface area (Å²) in [5, 5.41) is 13.9. The van der Waals surface area contributed by atoms with Crippen LogP contribution in [0.4, 0.5) is 11.4 Å². The molecule has 31 heavy (non-hydrogen) atoms. The molecule has 0 aromatic heterocycles. The molecule has 3 aromatic rings. The molecule has 0 aliphatic rings. The first-order chi connectivity index (χ1) is 14.9. The van der Waals surface area contributed by atoms with Gasteiger partial charge < -0.3 is 15.8 Å². The molecule has 0 saturated heterocycles. The molecule has 0 aliphatic carbocycles. The van der Waals surface area contributed by atoms with Gasteiger partial charge in [0.1, 0.15) is 18.4 Å². The molecular formula is C24H18BrCl2N3O. The molecule has 0 heterocycles. The van der Waals surface area contributed by atoms with Gasteiger partial charge in [-0.05, 0) is 48.5 Å². The molecule has 0 amide bonds. The van der Waals surface area contributed by atoms with Crippen LogP contribution < -0.4 is 15.8 Å². The van der Waals surface area contributed by atoms with Crippen LogP contribution in [0.2, 0.25) is 10.0 Å². The van der Waals surface area contributed by atoms with E-state index >= 15 is 0 Å². The Morgan fingerprint density at radius 3 is 2.65 bits per heavy atom. The summed E-state index contributed by atoms with van der Waals surface area (Å²) in [5.74, 6) is 0.592. The first-order valence-corrected chi connectivity index (χ1v) is 10.7. The molecule has 0 spiro atoms. The molecule has 0 radical (unpaired) electrons. The second-order valence-corrected chi connectivity index (χ2v) is 8.33. The second-order valence-electron chi connectivity index (χ2n) is 6.57. The topological polar surface area (TPSA) is 71.1 Å². The fraction of sp³-hybridized carbons (Fsp3) is 0.0417. The highest BCUT2D eigenvalue weighted by Gasteiger charge is 2.10. The molecule has 7 heteroatoms. The number of nitrogens with two attached hydrogens (primary N) is 1. The summed E-state index contributed by atoms with van der Waals surface area (Å²) < 4.78 is 6.84. The Balaban J connectivity index is 1.85. The molecule has 3 N–H and O–H groups in total. The molecule has 156 valence electrons. The first-order valence-electron chi connectivity index (χ1n) is 9.16. The summed E-state index contributed by atoms with van der Waals surface area (Å²) in [7, 11) is 0. The van der Waals surface area contributed by atoms with E-state index in [2.05, 4.69) is 33.9 Å². The zero-order valence-corrected chi connectivity index (χ0v) is 19.4. The lowest BCUT2D eigenvalue weighted by atomic mass is 10.1. The van der Waals surface area contributed by atoms with Gasteiger partial charge in [-0.3, -0.25) is 0 Å². The van der Waals surface area contributed by atoms with Crippen LogP contribution in [-0.2, 0) is 6.61 Å². The number of anilines is 2. The van der Waals surface area contributed by atoms with Gasteiger partial charge in [0, 0.05) is 31.3 Å². The van der Waals surface area contributed by atoms with Crippen molar-refractivity contribution in [3.63, 3.8) is 0 Å². The van der Waals surface area contributed by atoms with Crippen LogP contribution in [0, 0.1) is 11.3 Å². The maximum Gasteiger partial charge on any atom is 0.127 e. The molecule has 0 aliphatic heterocycles. The molecular weight excluding hydrogens is 497 g/mol. The Labute approximate surface area is 199 Å². The number of hydrogen-bond donors (Lipinski definition) is 2. The zero-order chi connectivity index (χ0) is 22.4. The van der Waals surface area contributed by atoms with E-state index in [0.29, 0.717) is 44.0 Å². The number of nitrogen functional groups attached to an aromatic ring is 1. The van der Waals surface area contributed by atoms with Crippen molar-refractivity contribution in [1.29, 1.82) is 5.26 Å². The number of hydrogen-bond acceptors (Lipinski definition) is 4. The highest BCUT2D eigenvalue weighted by molar-refractivity contribution is 9.10. The predicted molar refractivity (Wildman–Crippen MR) is 132 cm³/mol. The number of nitriles is 1. The minimum atomic E-state index is 0.250. The van der Waals surface area contributed by atoms with Crippen molar-refractivity contribution in [1.82, 2.24) is 0 Å². The van der Waals surface area contributed by atoms with Gasteiger partial charge in [-0.15, -0.1) is 0 Å². The maximum absolute atomic E-state index is 9.70. The number of para-hydroxylation sites is 2. The molecule has 0 saturated carbocycles. The Hall–Kier alpha value is -2.91. The van der Waals surface area contributed by atoms with Gasteiger partial charge >= 0.3 is 0 Å². The Morgan fingerprint density at radius 1 is 1.16 bits per heavy atom. The number of halogens is 3. The van der Waals surface area contributed by atoms with Gasteiger partial charge in [-0.2, -0.15) is 5.26 Å². The van der Waals surface area contributed by atoms with Crippen molar-refractivity contribution in [2.24, 2.45) is 0 Å². The van der Waals surface area contributed by atoms with Gasteiger partial charge in [0.15, 0.2) is 0 Å². The minimum Gasteiger partial charge on any atom is -0.488 e. The van der Waals surface area contributed by atoms with Gasteiger partial charge in [-0.25, -0.2) is 0 Å². The fourth-order valence-electron chi connectivity index (χ4n) is 2.74. The smallest absolute Gasteiger partial charge is 0.127 e. The molecule has 4 nitrogen and oxygen atoms in total. The number of rotatable bonds is 7. The summed E-state index contributed by atoms with van der Waals surface area (Å²) >= 11 is 15.7. The Bertz CT molecular complexity index is 1200. The fourth-order valence-corrected chi connectivity index (χ4v) is 3.58. The SMILES string of the molecule is C=C(Nc1ccccc1N)/C(C#N)=C/c1cc(Br)ccc1OCc1ccc(Cl)cc1Cl. The van der Waals surface area contributed by atoms with E-state index < -0.39 is 0 Å². The van der Waals surface area contributed by atoms with Gasteiger partial charge in [0.25, 0.3) is 0 Å². The lowest BCUT2D eigenvalue weighted by molar-refractivity contribution is 0.305. The van der Waals surface area contributed by atoms with Crippen molar-refractivity contribution in [2.45, 2.75) is 6.61 Å². The number of nitrogens with zero attached hydrogens (tertiary/aromatic N) is 1. The van der Waals surface area contributed by atoms with Gasteiger partial charge in [0.2, 0.25) is 0 Å². The van der Waals surface area contributed by atoms with Crippen LogP contribution >= 0.6 is 39.1 Å². The van der Waals surface area contributed by atoms with Crippen molar-refractivity contribution in [3.8, 4) is 11.8 Å². The average Bonchev–Trinajstić information content (AvgIpc) is 2.74. The molecule has 3 aromatic carbocycles. The van der Waals surface area contributed by atoms with E-state index in [1.807, 2.05) is 42.5 Å². The largest absolute Gasteiger partial charge is 0.488 e. The van der Waals surface area contributed by atoms with Crippen LogP contribution in [0.5, 0.6) is 5.75 Å². The third kappa shape index (κ3) is 6.05.